The summed E-state index contributed by atoms with van der Waals surface area (Å²) in [4.78, 5) is 91.9. The highest BCUT2D eigenvalue weighted by atomic mass is 16.2. The van der Waals surface area contributed by atoms with E-state index in [0.717, 1.165) is 38.5 Å². The molecule has 0 spiro atoms. The van der Waals surface area contributed by atoms with E-state index >= 15 is 0 Å². The molecule has 0 aromatic carbocycles. The zero-order valence-corrected chi connectivity index (χ0v) is 31.3. The monoisotopic (exact) mass is 707 g/mol. The molecule has 1 aromatic rings. The van der Waals surface area contributed by atoms with Gasteiger partial charge >= 0.3 is 0 Å². The predicted octanol–water partition coefficient (Wildman–Crippen LogP) is 3.11. The molecule has 5 amide bonds. The van der Waals surface area contributed by atoms with E-state index in [4.69, 9.17) is 0 Å². The highest BCUT2D eigenvalue weighted by Gasteiger charge is 2.70. The van der Waals surface area contributed by atoms with Gasteiger partial charge in [0.15, 0.2) is 0 Å². The van der Waals surface area contributed by atoms with Gasteiger partial charge in [-0.25, -0.2) is 4.98 Å². The molecule has 2 saturated carbocycles. The Morgan fingerprint density at radius 3 is 2.29 bits per heavy atom. The Kier molecular flexibility index (Phi) is 12.4. The van der Waals surface area contributed by atoms with Crippen LogP contribution in [0.5, 0.6) is 0 Å². The molecule has 280 valence electrons. The third-order valence-corrected chi connectivity index (χ3v) is 11.3. The van der Waals surface area contributed by atoms with E-state index in [1.54, 1.807) is 4.90 Å². The van der Waals surface area contributed by atoms with E-state index in [0.29, 0.717) is 13.0 Å². The van der Waals surface area contributed by atoms with Gasteiger partial charge in [-0.3, -0.25) is 33.8 Å². The van der Waals surface area contributed by atoms with Crippen LogP contribution < -0.4 is 21.3 Å². The summed E-state index contributed by atoms with van der Waals surface area (Å²) >= 11 is 0. The van der Waals surface area contributed by atoms with Gasteiger partial charge in [-0.2, -0.15) is 0 Å². The molecular formula is C38H57N7O6. The third-order valence-electron chi connectivity index (χ3n) is 11.3. The van der Waals surface area contributed by atoms with Gasteiger partial charge in [-0.15, -0.1) is 6.58 Å². The number of carbonyl (C=O) groups is 6. The molecule has 2 aliphatic carbocycles. The number of piperidine rings is 1. The summed E-state index contributed by atoms with van der Waals surface area (Å²) in [7, 11) is 0. The molecule has 3 fully saturated rings. The van der Waals surface area contributed by atoms with Gasteiger partial charge in [-0.05, 0) is 47.3 Å². The molecule has 4 rings (SSSR count). The van der Waals surface area contributed by atoms with Crippen LogP contribution in [0.4, 0.5) is 0 Å². The summed E-state index contributed by atoms with van der Waals surface area (Å²) in [6, 6.07) is -3.93. The first-order chi connectivity index (χ1) is 24.0. The standard InChI is InChI=1S/C38H57N7O6/c1-9-11-15-24(28(46)33(49)41-18-10-2)42-32(48)27-26-23(37(26,6)7)22-45(27)35(51)30(36(3,4)5)44-34(50)29(38(8)16-13-12-14-17-38)43-31(47)25-21-39-19-20-40-25/h10,19-21,23-24,26-27,29-30H,2,9,11-18,22H2,1,3-8H3,(H,41,49)(H,42,48)(H,43,47)(H,44,50)/t23-,24-,26-,27-,29+,30+/m0/s1. The topological polar surface area (TPSA) is 180 Å². The smallest absolute Gasteiger partial charge is 0.289 e. The number of ketones is 1. The first-order valence-electron chi connectivity index (χ1n) is 18.4. The number of rotatable bonds is 15. The maximum atomic E-state index is 14.6. The van der Waals surface area contributed by atoms with Crippen molar-refractivity contribution in [3.05, 3.63) is 36.9 Å². The Morgan fingerprint density at radius 1 is 1.02 bits per heavy atom. The van der Waals surface area contributed by atoms with Crippen LogP contribution in [0, 0.1) is 28.1 Å². The van der Waals surface area contributed by atoms with Crippen molar-refractivity contribution in [1.82, 2.24) is 36.1 Å². The quantitative estimate of drug-likeness (QED) is 0.159. The number of amides is 5. The molecule has 0 radical (unpaired) electrons. The van der Waals surface area contributed by atoms with Crippen molar-refractivity contribution in [3.63, 3.8) is 0 Å². The summed E-state index contributed by atoms with van der Waals surface area (Å²) in [6.07, 6.45) is 11.6. The summed E-state index contributed by atoms with van der Waals surface area (Å²) in [6.45, 7) is 17.6. The highest BCUT2D eigenvalue weighted by Crippen LogP contribution is 2.65. The van der Waals surface area contributed by atoms with Crippen LogP contribution in [0.15, 0.2) is 31.2 Å². The minimum absolute atomic E-state index is 0.0503. The number of fused-ring (bicyclic) bond motifs is 1. The minimum Gasteiger partial charge on any atom is -0.346 e. The second-order valence-electron chi connectivity index (χ2n) is 16.5. The lowest BCUT2D eigenvalue weighted by Crippen LogP contribution is -2.64. The maximum absolute atomic E-state index is 14.6. The van der Waals surface area contributed by atoms with Crippen LogP contribution in [0.25, 0.3) is 0 Å². The fraction of sp³-hybridized carbons (Fsp3) is 0.684. The van der Waals surface area contributed by atoms with E-state index < -0.39 is 70.3 Å². The number of unbranched alkanes of at least 4 members (excludes halogenated alkanes) is 1. The normalized spacial score (nSPS) is 23.4. The Bertz CT molecular complexity index is 1480. The fourth-order valence-corrected chi connectivity index (χ4v) is 8.02. The van der Waals surface area contributed by atoms with Gasteiger partial charge < -0.3 is 26.2 Å². The molecule has 3 aliphatic rings. The van der Waals surface area contributed by atoms with Gasteiger partial charge in [0.1, 0.15) is 23.8 Å². The Morgan fingerprint density at radius 2 is 1.71 bits per heavy atom. The number of nitrogens with one attached hydrogen (secondary N) is 4. The van der Waals surface area contributed by atoms with Gasteiger partial charge in [0.05, 0.1) is 12.2 Å². The van der Waals surface area contributed by atoms with Crippen molar-refractivity contribution in [2.75, 3.05) is 13.1 Å². The number of carbonyl (C=O) groups excluding carboxylic acids is 6. The number of nitrogens with zero attached hydrogens (tertiary/aromatic N) is 3. The number of likely N-dealkylation sites (tertiary alicyclic amines) is 1. The Balaban J connectivity index is 1.60. The second-order valence-corrected chi connectivity index (χ2v) is 16.5. The first kappa shape index (κ1) is 39.6. The molecule has 13 nitrogen and oxygen atoms in total. The molecule has 4 N–H and O–H groups in total. The Labute approximate surface area is 302 Å². The SMILES string of the molecule is C=CCNC(=O)C(=O)[C@H](CCCC)NC(=O)[C@@H]1[C@@H]2[C@H](CN1C(=O)[C@@H](NC(=O)[C@@H](NC(=O)c1cnccn1)C1(C)CCCCC1)C(C)(C)C)C2(C)C. The van der Waals surface area contributed by atoms with Gasteiger partial charge in [-0.1, -0.05) is 86.6 Å². The van der Waals surface area contributed by atoms with E-state index in [9.17, 15) is 28.8 Å². The van der Waals surface area contributed by atoms with E-state index in [1.807, 2.05) is 34.6 Å². The summed E-state index contributed by atoms with van der Waals surface area (Å²) in [5.74, 6) is -3.56. The average Bonchev–Trinajstić information content (AvgIpc) is 3.39. The molecule has 1 saturated heterocycles. The van der Waals surface area contributed by atoms with Crippen LogP contribution in [0.1, 0.15) is 110 Å². The van der Waals surface area contributed by atoms with Crippen molar-refractivity contribution in [2.45, 2.75) is 124 Å². The van der Waals surface area contributed by atoms with E-state index in [1.165, 1.54) is 24.7 Å². The van der Waals surface area contributed by atoms with E-state index in [2.05, 4.69) is 51.7 Å². The molecule has 0 bridgehead atoms. The zero-order valence-electron chi connectivity index (χ0n) is 31.3. The lowest BCUT2D eigenvalue weighted by Gasteiger charge is -2.42. The average molecular weight is 708 g/mol. The predicted molar refractivity (Wildman–Crippen MR) is 192 cm³/mol. The van der Waals surface area contributed by atoms with Gasteiger partial charge in [0.2, 0.25) is 23.5 Å². The summed E-state index contributed by atoms with van der Waals surface area (Å²) in [5, 5.41) is 11.3. The zero-order chi connectivity index (χ0) is 37.7. The van der Waals surface area contributed by atoms with Gasteiger partial charge in [0.25, 0.3) is 11.8 Å². The molecular weight excluding hydrogens is 650 g/mol. The maximum Gasteiger partial charge on any atom is 0.289 e. The number of aromatic nitrogens is 2. The molecule has 1 aliphatic heterocycles. The molecule has 51 heavy (non-hydrogen) atoms. The Hall–Kier alpha value is -4.16. The summed E-state index contributed by atoms with van der Waals surface area (Å²) < 4.78 is 0. The molecule has 2 heterocycles. The fourth-order valence-electron chi connectivity index (χ4n) is 8.02. The second kappa shape index (κ2) is 16.0. The third kappa shape index (κ3) is 8.84. The van der Waals surface area contributed by atoms with Crippen molar-refractivity contribution in [3.8, 4) is 0 Å². The summed E-state index contributed by atoms with van der Waals surface area (Å²) in [5.41, 5.74) is -1.47. The molecule has 0 unspecified atom stereocenters. The lowest BCUT2D eigenvalue weighted by molar-refractivity contribution is -0.147. The molecule has 13 heteroatoms. The highest BCUT2D eigenvalue weighted by molar-refractivity contribution is 6.38. The lowest BCUT2D eigenvalue weighted by atomic mass is 9.70. The number of hydrogen-bond acceptors (Lipinski definition) is 8. The molecule has 1 aromatic heterocycles. The van der Waals surface area contributed by atoms with Crippen molar-refractivity contribution in [2.24, 2.45) is 28.1 Å². The number of Topliss-reactive ketones (excluding diaryl/α,β-unsaturated/α-hetero) is 1. The van der Waals surface area contributed by atoms with Gasteiger partial charge in [0, 0.05) is 25.5 Å². The largest absolute Gasteiger partial charge is 0.346 e. The first-order valence-corrected chi connectivity index (χ1v) is 18.4. The van der Waals surface area contributed by atoms with E-state index in [-0.39, 0.29) is 35.9 Å². The van der Waals surface area contributed by atoms with Crippen molar-refractivity contribution in [1.29, 1.82) is 0 Å². The number of hydrogen-bond donors (Lipinski definition) is 4. The van der Waals surface area contributed by atoms with Crippen molar-refractivity contribution < 1.29 is 28.8 Å². The minimum atomic E-state index is -1.05. The van der Waals surface area contributed by atoms with Crippen LogP contribution in [-0.4, -0.2) is 87.4 Å². The van der Waals surface area contributed by atoms with Crippen LogP contribution >= 0.6 is 0 Å². The molecule has 6 atom stereocenters. The van der Waals surface area contributed by atoms with Crippen LogP contribution in [0.3, 0.4) is 0 Å². The van der Waals surface area contributed by atoms with Crippen molar-refractivity contribution >= 4 is 35.3 Å². The van der Waals surface area contributed by atoms with Crippen LogP contribution in [0.2, 0.25) is 0 Å². The van der Waals surface area contributed by atoms with Crippen LogP contribution in [-0.2, 0) is 24.0 Å².